The van der Waals surface area contributed by atoms with Crippen molar-refractivity contribution in [3.05, 3.63) is 87.4 Å². The number of nitrogens with one attached hydrogen (secondary N) is 2. The van der Waals surface area contributed by atoms with E-state index in [4.69, 9.17) is 40.7 Å². The third-order valence-corrected chi connectivity index (χ3v) is 9.52. The van der Waals surface area contributed by atoms with E-state index in [0.29, 0.717) is 46.4 Å². The van der Waals surface area contributed by atoms with Crippen molar-refractivity contribution in [3.63, 3.8) is 0 Å². The summed E-state index contributed by atoms with van der Waals surface area (Å²) >= 11 is 18.9. The van der Waals surface area contributed by atoms with Gasteiger partial charge in [-0.05, 0) is 60.3 Å². The lowest BCUT2D eigenvalue weighted by Crippen LogP contribution is -2.52. The van der Waals surface area contributed by atoms with Crippen molar-refractivity contribution in [3.8, 4) is 6.07 Å². The number of thiocarbonyl (C=S) groups is 1. The van der Waals surface area contributed by atoms with Crippen LogP contribution in [0.5, 0.6) is 0 Å². The van der Waals surface area contributed by atoms with Gasteiger partial charge in [-0.2, -0.15) is 5.26 Å². The number of carbonyl (C=O) groups is 1. The molecule has 228 valence electrons. The lowest BCUT2D eigenvalue weighted by Gasteiger charge is -2.35. The number of nitrogens with zero attached hydrogens (tertiary/aromatic N) is 4. The van der Waals surface area contributed by atoms with Gasteiger partial charge in [0.1, 0.15) is 0 Å². The molecule has 1 aliphatic carbocycles. The minimum Gasteiger partial charge on any atom is -0.360 e. The number of benzene rings is 2. The van der Waals surface area contributed by atoms with E-state index in [9.17, 15) is 4.79 Å². The SMILES string of the molecule is CC[C@H](C)[C@@H](CN(Cc1cccc(Cl)c1Cl)C(=S)NC1CCCCC1)NC(=O)Cc1cncn1Cc1ccc(C#N)cc1. The number of rotatable bonds is 12. The fraction of sp³-hybridized carbons (Fsp3) is 0.455. The van der Waals surface area contributed by atoms with Crippen molar-refractivity contribution >= 4 is 46.4 Å². The summed E-state index contributed by atoms with van der Waals surface area (Å²) in [6.45, 7) is 5.87. The summed E-state index contributed by atoms with van der Waals surface area (Å²) in [7, 11) is 0. The number of aromatic nitrogens is 2. The topological polar surface area (TPSA) is 86.0 Å². The molecular weight excluding hydrogens is 599 g/mol. The van der Waals surface area contributed by atoms with Crippen LogP contribution in [0.15, 0.2) is 55.0 Å². The largest absolute Gasteiger partial charge is 0.360 e. The molecule has 0 spiro atoms. The third-order valence-electron chi connectivity index (χ3n) is 8.28. The number of carbonyl (C=O) groups excluding carboxylic acids is 1. The lowest BCUT2D eigenvalue weighted by molar-refractivity contribution is -0.121. The Hall–Kier alpha value is -3.12. The average Bonchev–Trinajstić information content (AvgIpc) is 3.44. The fourth-order valence-corrected chi connectivity index (χ4v) is 6.13. The minimum atomic E-state index is -0.142. The smallest absolute Gasteiger partial charge is 0.226 e. The molecule has 2 N–H and O–H groups in total. The molecule has 1 amide bonds. The number of nitriles is 1. The standard InChI is InChI=1S/C33H40Cl2N6OS/c1-3-23(2)30(39-31(42)16-28-18-37-22-41(28)19-25-14-12-24(17-36)13-15-25)21-40(20-26-8-7-11-29(34)32(26)35)33(43)38-27-9-5-4-6-10-27/h7-8,11-15,18,22-23,27,30H,3-6,9-10,16,19-21H2,1-2H3,(H,38,43)(H,39,42)/t23-,30+/m0/s1. The summed E-state index contributed by atoms with van der Waals surface area (Å²) < 4.78 is 1.97. The van der Waals surface area contributed by atoms with Gasteiger partial charge in [-0.3, -0.25) is 4.79 Å². The van der Waals surface area contributed by atoms with Crippen LogP contribution >= 0.6 is 35.4 Å². The van der Waals surface area contributed by atoms with Crippen molar-refractivity contribution in [2.45, 2.75) is 84.0 Å². The van der Waals surface area contributed by atoms with Gasteiger partial charge in [-0.1, -0.05) is 87.0 Å². The Labute approximate surface area is 270 Å². The van der Waals surface area contributed by atoms with Crippen LogP contribution in [0.4, 0.5) is 0 Å². The van der Waals surface area contributed by atoms with Crippen molar-refractivity contribution in [1.29, 1.82) is 5.26 Å². The Kier molecular flexibility index (Phi) is 12.3. The molecule has 0 unspecified atom stereocenters. The molecule has 1 heterocycles. The molecule has 43 heavy (non-hydrogen) atoms. The van der Waals surface area contributed by atoms with Gasteiger partial charge in [-0.25, -0.2) is 4.98 Å². The first-order chi connectivity index (χ1) is 20.8. The molecule has 0 aliphatic heterocycles. The monoisotopic (exact) mass is 638 g/mol. The van der Waals surface area contributed by atoms with Crippen molar-refractivity contribution in [2.75, 3.05) is 6.54 Å². The molecule has 1 aromatic heterocycles. The summed E-state index contributed by atoms with van der Waals surface area (Å²) in [6, 6.07) is 15.4. The van der Waals surface area contributed by atoms with E-state index in [1.165, 1.54) is 19.3 Å². The van der Waals surface area contributed by atoms with Crippen LogP contribution in [0, 0.1) is 17.2 Å². The van der Waals surface area contributed by atoms with Gasteiger partial charge in [-0.15, -0.1) is 0 Å². The highest BCUT2D eigenvalue weighted by molar-refractivity contribution is 7.80. The second-order valence-electron chi connectivity index (χ2n) is 11.4. The fourth-order valence-electron chi connectivity index (χ4n) is 5.44. The van der Waals surface area contributed by atoms with E-state index in [0.717, 1.165) is 36.1 Å². The molecule has 10 heteroatoms. The Morgan fingerprint density at radius 3 is 2.63 bits per heavy atom. The van der Waals surface area contributed by atoms with Crippen LogP contribution in [-0.2, 0) is 24.3 Å². The van der Waals surface area contributed by atoms with Crippen molar-refractivity contribution in [1.82, 2.24) is 25.1 Å². The van der Waals surface area contributed by atoms with Crippen LogP contribution in [-0.4, -0.2) is 44.1 Å². The maximum atomic E-state index is 13.5. The van der Waals surface area contributed by atoms with Crippen LogP contribution < -0.4 is 10.6 Å². The predicted octanol–water partition coefficient (Wildman–Crippen LogP) is 6.89. The zero-order chi connectivity index (χ0) is 30.8. The quantitative estimate of drug-likeness (QED) is 0.210. The van der Waals surface area contributed by atoms with Crippen molar-refractivity contribution < 1.29 is 4.79 Å². The second kappa shape index (κ2) is 16.1. The lowest BCUT2D eigenvalue weighted by atomic mass is 9.95. The molecule has 4 rings (SSSR count). The van der Waals surface area contributed by atoms with Gasteiger partial charge in [0.05, 0.1) is 34.4 Å². The molecule has 1 saturated carbocycles. The summed E-state index contributed by atoms with van der Waals surface area (Å²) in [6.07, 6.45) is 10.4. The van der Waals surface area contributed by atoms with E-state index in [-0.39, 0.29) is 24.3 Å². The third kappa shape index (κ3) is 9.43. The molecular formula is C33H40Cl2N6OS. The Morgan fingerprint density at radius 2 is 1.93 bits per heavy atom. The van der Waals surface area contributed by atoms with Gasteiger partial charge in [0.25, 0.3) is 0 Å². The highest BCUT2D eigenvalue weighted by atomic mass is 35.5. The van der Waals surface area contributed by atoms with E-state index in [1.807, 2.05) is 28.8 Å². The van der Waals surface area contributed by atoms with Crippen molar-refractivity contribution in [2.24, 2.45) is 5.92 Å². The summed E-state index contributed by atoms with van der Waals surface area (Å²) in [4.78, 5) is 19.9. The molecule has 3 aromatic rings. The highest BCUT2D eigenvalue weighted by Crippen LogP contribution is 2.27. The van der Waals surface area contributed by atoms with Gasteiger partial charge < -0.3 is 20.1 Å². The van der Waals surface area contributed by atoms with Gasteiger partial charge in [0.2, 0.25) is 5.91 Å². The van der Waals surface area contributed by atoms with Crippen LogP contribution in [0.3, 0.4) is 0 Å². The molecule has 1 fully saturated rings. The molecule has 0 bridgehead atoms. The second-order valence-corrected chi connectivity index (χ2v) is 12.6. The molecule has 0 radical (unpaired) electrons. The number of halogens is 2. The van der Waals surface area contributed by atoms with Crippen LogP contribution in [0.2, 0.25) is 10.0 Å². The maximum absolute atomic E-state index is 13.5. The number of hydrogen-bond acceptors (Lipinski definition) is 4. The number of hydrogen-bond donors (Lipinski definition) is 2. The number of imidazole rings is 1. The molecule has 0 saturated heterocycles. The highest BCUT2D eigenvalue weighted by Gasteiger charge is 2.26. The molecule has 2 atom stereocenters. The summed E-state index contributed by atoms with van der Waals surface area (Å²) in [5, 5.41) is 17.7. The normalized spacial score (nSPS) is 14.9. The first kappa shape index (κ1) is 32.8. The van der Waals surface area contributed by atoms with Crippen LogP contribution in [0.25, 0.3) is 0 Å². The van der Waals surface area contributed by atoms with E-state index >= 15 is 0 Å². The van der Waals surface area contributed by atoms with E-state index in [1.54, 1.807) is 30.7 Å². The van der Waals surface area contributed by atoms with E-state index in [2.05, 4.69) is 40.4 Å². The first-order valence-electron chi connectivity index (χ1n) is 15.0. The van der Waals surface area contributed by atoms with Crippen LogP contribution in [0.1, 0.15) is 74.8 Å². The molecule has 2 aromatic carbocycles. The van der Waals surface area contributed by atoms with Gasteiger partial charge >= 0.3 is 0 Å². The first-order valence-corrected chi connectivity index (χ1v) is 16.2. The van der Waals surface area contributed by atoms with Gasteiger partial charge in [0, 0.05) is 43.6 Å². The Balaban J connectivity index is 1.47. The number of amides is 1. The Bertz CT molecular complexity index is 1410. The van der Waals surface area contributed by atoms with E-state index < -0.39 is 0 Å². The average molecular weight is 640 g/mol. The summed E-state index contributed by atoms with van der Waals surface area (Å²) in [5.74, 6) is 0.140. The minimum absolute atomic E-state index is 0.0706. The molecule has 1 aliphatic rings. The summed E-state index contributed by atoms with van der Waals surface area (Å²) in [5.41, 5.74) is 3.36. The zero-order valence-electron chi connectivity index (χ0n) is 24.9. The zero-order valence-corrected chi connectivity index (χ0v) is 27.2. The predicted molar refractivity (Wildman–Crippen MR) is 177 cm³/mol. The van der Waals surface area contributed by atoms with Gasteiger partial charge in [0.15, 0.2) is 5.11 Å². The molecule has 7 nitrogen and oxygen atoms in total. The Morgan fingerprint density at radius 1 is 1.19 bits per heavy atom. The maximum Gasteiger partial charge on any atom is 0.226 e.